The highest BCUT2D eigenvalue weighted by Gasteiger charge is 2.20. The van der Waals surface area contributed by atoms with Gasteiger partial charge in [-0.25, -0.2) is 9.78 Å². The summed E-state index contributed by atoms with van der Waals surface area (Å²) in [5, 5.41) is 13.3. The molecule has 2 aliphatic rings. The minimum Gasteiger partial charge on any atom is -0.267 e. The van der Waals surface area contributed by atoms with Crippen molar-refractivity contribution >= 4 is 0 Å². The van der Waals surface area contributed by atoms with Crippen LogP contribution in [0.15, 0.2) is 33.9 Å². The van der Waals surface area contributed by atoms with Gasteiger partial charge in [-0.15, -0.1) is 9.78 Å². The van der Waals surface area contributed by atoms with Crippen molar-refractivity contribution in [3.63, 3.8) is 0 Å². The van der Waals surface area contributed by atoms with E-state index in [9.17, 15) is 14.9 Å². The van der Waals surface area contributed by atoms with E-state index in [0.717, 1.165) is 22.1 Å². The van der Waals surface area contributed by atoms with E-state index in [1.165, 1.54) is 12.6 Å². The van der Waals surface area contributed by atoms with Crippen LogP contribution in [0.3, 0.4) is 0 Å². The van der Waals surface area contributed by atoms with Gasteiger partial charge in [-0.05, 0) is 12.0 Å². The Labute approximate surface area is 137 Å². The molecule has 0 spiro atoms. The molecule has 120 valence electrons. The first-order chi connectivity index (χ1) is 11.5. The Hall–Kier alpha value is -3.34. The highest BCUT2D eigenvalue weighted by atomic mass is 16.2. The van der Waals surface area contributed by atoms with Gasteiger partial charge in [-0.1, -0.05) is 37.6 Å². The lowest BCUT2D eigenvalue weighted by Gasteiger charge is -2.09. The molecule has 0 unspecified atom stereocenters. The van der Waals surface area contributed by atoms with Gasteiger partial charge < -0.3 is 0 Å². The summed E-state index contributed by atoms with van der Waals surface area (Å²) < 4.78 is 1.70. The Bertz CT molecular complexity index is 1030. The molecule has 0 fully saturated rings. The van der Waals surface area contributed by atoms with Gasteiger partial charge in [0.1, 0.15) is 0 Å². The van der Waals surface area contributed by atoms with Crippen LogP contribution in [-0.2, 0) is 13.5 Å². The van der Waals surface area contributed by atoms with Gasteiger partial charge in [-0.2, -0.15) is 10.2 Å². The van der Waals surface area contributed by atoms with Crippen molar-refractivity contribution < 1.29 is 0 Å². The maximum Gasteiger partial charge on any atom is 0.352 e. The minimum absolute atomic E-state index is 0.0683. The number of aromatic nitrogens is 5. The van der Waals surface area contributed by atoms with E-state index in [0.29, 0.717) is 5.56 Å². The van der Waals surface area contributed by atoms with Crippen LogP contribution in [0.25, 0.3) is 22.9 Å². The maximum absolute atomic E-state index is 12.3. The summed E-state index contributed by atoms with van der Waals surface area (Å²) in [7, 11) is 1.31. The number of nitriles is 1. The molecule has 8 nitrogen and oxygen atoms in total. The quantitative estimate of drug-likeness (QED) is 0.705. The standard InChI is InChI=1S/C16H14N6O2/c1-3-4-10-5-7-11(8-6-10)13-18-12-14(22(9-17)20-13)19-16(24)21(2)15(12)23/h5-8H,3-4H2,1-2H3. The zero-order valence-corrected chi connectivity index (χ0v) is 13.2. The molecular formula is C16H14N6O2. The number of benzene rings is 1. The van der Waals surface area contributed by atoms with E-state index in [-0.39, 0.29) is 17.3 Å². The molecule has 2 aliphatic heterocycles. The molecule has 0 atom stereocenters. The second-order valence-corrected chi connectivity index (χ2v) is 5.32. The fraction of sp³-hybridized carbons (Fsp3) is 0.250. The van der Waals surface area contributed by atoms with E-state index >= 15 is 0 Å². The number of hydrogen-bond acceptors (Lipinski definition) is 6. The molecule has 24 heavy (non-hydrogen) atoms. The van der Waals surface area contributed by atoms with Gasteiger partial charge in [0.25, 0.3) is 5.56 Å². The summed E-state index contributed by atoms with van der Waals surface area (Å²) in [6.45, 7) is 2.10. The molecule has 0 saturated carbocycles. The van der Waals surface area contributed by atoms with Crippen LogP contribution in [0, 0.1) is 11.5 Å². The first kappa shape index (κ1) is 15.6. The zero-order chi connectivity index (χ0) is 17.3. The van der Waals surface area contributed by atoms with Crippen LogP contribution in [0.1, 0.15) is 18.9 Å². The lowest BCUT2D eigenvalue weighted by atomic mass is 10.1. The third kappa shape index (κ3) is 2.56. The van der Waals surface area contributed by atoms with Crippen molar-refractivity contribution in [2.75, 3.05) is 0 Å². The third-order valence-corrected chi connectivity index (χ3v) is 3.67. The third-order valence-electron chi connectivity index (χ3n) is 3.67. The number of aryl methyl sites for hydroxylation is 1. The number of fused-ring (bicyclic) bond motifs is 1. The van der Waals surface area contributed by atoms with Crippen LogP contribution in [-0.4, -0.2) is 24.3 Å². The Morgan fingerprint density at radius 2 is 1.88 bits per heavy atom. The highest BCUT2D eigenvalue weighted by Crippen LogP contribution is 2.19. The Kier molecular flexibility index (Phi) is 3.92. The van der Waals surface area contributed by atoms with Crippen LogP contribution >= 0.6 is 0 Å². The summed E-state index contributed by atoms with van der Waals surface area (Å²) in [5.74, 6) is 0.0848. The van der Waals surface area contributed by atoms with E-state index in [1.807, 2.05) is 24.3 Å². The number of hydrogen-bond donors (Lipinski definition) is 0. The molecule has 3 rings (SSSR count). The average molecular weight is 322 g/mol. The van der Waals surface area contributed by atoms with Crippen LogP contribution in [0.4, 0.5) is 0 Å². The molecule has 2 heterocycles. The first-order valence-corrected chi connectivity index (χ1v) is 7.42. The lowest BCUT2D eigenvalue weighted by Crippen LogP contribution is -2.36. The average Bonchev–Trinajstić information content (AvgIpc) is 2.60. The normalized spacial score (nSPS) is 10.7. The van der Waals surface area contributed by atoms with Gasteiger partial charge in [0.05, 0.1) is 0 Å². The van der Waals surface area contributed by atoms with E-state index in [4.69, 9.17) is 0 Å². The molecule has 0 radical (unpaired) electrons. The Balaban J connectivity index is 2.23. The highest BCUT2D eigenvalue weighted by molar-refractivity contribution is 5.60. The summed E-state index contributed by atoms with van der Waals surface area (Å²) in [4.78, 5) is 31.8. The molecule has 1 aromatic rings. The van der Waals surface area contributed by atoms with Gasteiger partial charge in [0.15, 0.2) is 11.5 Å². The molecule has 0 amide bonds. The summed E-state index contributed by atoms with van der Waals surface area (Å²) in [6, 6.07) is 7.60. The molecule has 0 N–H and O–H groups in total. The minimum atomic E-state index is -0.753. The van der Waals surface area contributed by atoms with Crippen LogP contribution in [0.5, 0.6) is 0 Å². The molecule has 0 aromatic heterocycles. The summed E-state index contributed by atoms with van der Waals surface area (Å²) in [6.07, 6.45) is 3.81. The fourth-order valence-corrected chi connectivity index (χ4v) is 2.38. The monoisotopic (exact) mass is 322 g/mol. The van der Waals surface area contributed by atoms with Crippen molar-refractivity contribution in [1.82, 2.24) is 24.3 Å². The Morgan fingerprint density at radius 3 is 2.50 bits per heavy atom. The van der Waals surface area contributed by atoms with Crippen molar-refractivity contribution in [2.45, 2.75) is 19.8 Å². The van der Waals surface area contributed by atoms with Gasteiger partial charge in [0.2, 0.25) is 12.0 Å². The van der Waals surface area contributed by atoms with Gasteiger partial charge >= 0.3 is 5.69 Å². The molecule has 1 aromatic carbocycles. The first-order valence-electron chi connectivity index (χ1n) is 7.42. The smallest absolute Gasteiger partial charge is 0.267 e. The van der Waals surface area contributed by atoms with Crippen molar-refractivity contribution in [3.8, 4) is 29.1 Å². The predicted octanol–water partition coefficient (Wildman–Crippen LogP) is 0.785. The largest absolute Gasteiger partial charge is 0.352 e. The second kappa shape index (κ2) is 6.04. The fourth-order valence-electron chi connectivity index (χ4n) is 2.38. The molecule has 8 heteroatoms. The Morgan fingerprint density at radius 1 is 1.17 bits per heavy atom. The van der Waals surface area contributed by atoms with Crippen molar-refractivity contribution in [3.05, 3.63) is 50.7 Å². The van der Waals surface area contributed by atoms with Gasteiger partial charge in [-0.3, -0.25) is 9.36 Å². The summed E-state index contributed by atoms with van der Waals surface area (Å²) in [5.41, 5.74) is 0.427. The van der Waals surface area contributed by atoms with Gasteiger partial charge in [0, 0.05) is 12.6 Å². The molecule has 0 aliphatic carbocycles. The molecule has 0 bridgehead atoms. The maximum atomic E-state index is 12.3. The summed E-state index contributed by atoms with van der Waals surface area (Å²) >= 11 is 0. The van der Waals surface area contributed by atoms with Crippen molar-refractivity contribution in [2.24, 2.45) is 7.05 Å². The van der Waals surface area contributed by atoms with Crippen LogP contribution < -0.4 is 11.2 Å². The topological polar surface area (TPSA) is 106 Å². The van der Waals surface area contributed by atoms with E-state index in [1.54, 1.807) is 6.19 Å². The second-order valence-electron chi connectivity index (χ2n) is 5.32. The van der Waals surface area contributed by atoms with E-state index < -0.39 is 11.2 Å². The zero-order valence-electron chi connectivity index (χ0n) is 13.2. The SMILES string of the molecule is CCCc1ccc(-c2nc3c(=O)n(C)c(=O)nc-3n(C#N)n2)cc1. The number of rotatable bonds is 3. The van der Waals surface area contributed by atoms with Crippen LogP contribution in [0.2, 0.25) is 0 Å². The van der Waals surface area contributed by atoms with E-state index in [2.05, 4.69) is 22.0 Å². The lowest BCUT2D eigenvalue weighted by molar-refractivity contribution is 0.728. The van der Waals surface area contributed by atoms with Crippen molar-refractivity contribution in [1.29, 1.82) is 5.26 Å². The predicted molar refractivity (Wildman–Crippen MR) is 86.4 cm³/mol. The molecular weight excluding hydrogens is 308 g/mol. The number of nitrogens with zero attached hydrogens (tertiary/aromatic N) is 6. The molecule has 0 saturated heterocycles.